The van der Waals surface area contributed by atoms with Gasteiger partial charge in [0.05, 0.1) is 15.4 Å². The van der Waals surface area contributed by atoms with Crippen molar-refractivity contribution in [3.8, 4) is 5.75 Å². The summed E-state index contributed by atoms with van der Waals surface area (Å²) in [5.41, 5.74) is 4.42. The van der Waals surface area contributed by atoms with E-state index >= 15 is 0 Å². The van der Waals surface area contributed by atoms with Crippen LogP contribution in [0.2, 0.25) is 0 Å². The normalized spacial score (nSPS) is 14.0. The summed E-state index contributed by atoms with van der Waals surface area (Å²) in [5.74, 6) is 0.229. The van der Waals surface area contributed by atoms with Crippen molar-refractivity contribution >= 4 is 39.9 Å². The van der Waals surface area contributed by atoms with Gasteiger partial charge in [-0.2, -0.15) is 5.10 Å². The number of halogens is 3. The van der Waals surface area contributed by atoms with Crippen molar-refractivity contribution in [2.24, 2.45) is 10.1 Å². The standard InChI is InChI=1S/C17H10F3N3OS2/c18-17(19,20)24-10-5-6-12-11(9-10)15(13-3-1-7-25-13)22-23-16(21-12)14-4-2-8-26-14/h1-9H,(H,21,23). The highest BCUT2D eigenvalue weighted by atomic mass is 32.1. The van der Waals surface area contributed by atoms with Crippen LogP contribution < -0.4 is 10.2 Å². The number of hydrogen-bond acceptors (Lipinski definition) is 6. The van der Waals surface area contributed by atoms with E-state index < -0.39 is 6.36 Å². The third kappa shape index (κ3) is 3.49. The van der Waals surface area contributed by atoms with E-state index in [4.69, 9.17) is 0 Å². The molecule has 4 nitrogen and oxygen atoms in total. The van der Waals surface area contributed by atoms with Gasteiger partial charge in [0.25, 0.3) is 0 Å². The van der Waals surface area contributed by atoms with Gasteiger partial charge in [0.2, 0.25) is 0 Å². The fraction of sp³-hybridized carbons (Fsp3) is 0.0588. The molecule has 0 saturated carbocycles. The van der Waals surface area contributed by atoms with E-state index in [1.54, 1.807) is 0 Å². The molecule has 26 heavy (non-hydrogen) atoms. The SMILES string of the molecule is FC(F)(F)Oc1ccc2c(c1)C(c1cccs1)=NNC(c1cccs1)=N2. The van der Waals surface area contributed by atoms with E-state index in [2.05, 4.69) is 20.3 Å². The number of nitrogens with one attached hydrogen (secondary N) is 1. The van der Waals surface area contributed by atoms with Crippen molar-refractivity contribution in [3.05, 3.63) is 68.5 Å². The molecule has 0 unspecified atom stereocenters. The summed E-state index contributed by atoms with van der Waals surface area (Å²) in [4.78, 5) is 6.24. The maximum absolute atomic E-state index is 12.6. The summed E-state index contributed by atoms with van der Waals surface area (Å²) >= 11 is 2.93. The van der Waals surface area contributed by atoms with Crippen molar-refractivity contribution in [2.75, 3.05) is 0 Å². The van der Waals surface area contributed by atoms with Gasteiger partial charge in [0, 0.05) is 5.56 Å². The molecule has 3 aromatic rings. The van der Waals surface area contributed by atoms with Gasteiger partial charge in [-0.1, -0.05) is 12.1 Å². The minimum absolute atomic E-state index is 0.310. The number of benzene rings is 1. The topological polar surface area (TPSA) is 46.0 Å². The lowest BCUT2D eigenvalue weighted by Crippen LogP contribution is -2.18. The van der Waals surface area contributed by atoms with Gasteiger partial charge < -0.3 is 4.74 Å². The van der Waals surface area contributed by atoms with Gasteiger partial charge in [0.1, 0.15) is 11.5 Å². The molecule has 9 heteroatoms. The molecule has 0 saturated heterocycles. The Morgan fingerprint density at radius 1 is 0.962 bits per heavy atom. The molecule has 2 aromatic heterocycles. The van der Waals surface area contributed by atoms with Crippen LogP contribution in [0, 0.1) is 0 Å². The molecule has 1 aromatic carbocycles. The van der Waals surface area contributed by atoms with E-state index in [1.165, 1.54) is 40.9 Å². The molecule has 0 bridgehead atoms. The van der Waals surface area contributed by atoms with Crippen molar-refractivity contribution in [1.29, 1.82) is 0 Å². The lowest BCUT2D eigenvalue weighted by molar-refractivity contribution is -0.274. The predicted octanol–water partition coefficient (Wildman–Crippen LogP) is 5.14. The van der Waals surface area contributed by atoms with Crippen LogP contribution in [0.3, 0.4) is 0 Å². The number of nitrogens with zero attached hydrogens (tertiary/aromatic N) is 2. The smallest absolute Gasteiger partial charge is 0.406 e. The zero-order valence-corrected chi connectivity index (χ0v) is 14.6. The Morgan fingerprint density at radius 3 is 2.35 bits per heavy atom. The van der Waals surface area contributed by atoms with Gasteiger partial charge in [-0.05, 0) is 41.1 Å². The first-order chi connectivity index (χ1) is 12.5. The second-order valence-electron chi connectivity index (χ2n) is 5.21. The first kappa shape index (κ1) is 16.8. The lowest BCUT2D eigenvalue weighted by atomic mass is 10.1. The number of rotatable bonds is 3. The number of amidine groups is 1. The Labute approximate surface area is 154 Å². The van der Waals surface area contributed by atoms with Crippen LogP contribution in [0.25, 0.3) is 0 Å². The van der Waals surface area contributed by atoms with Gasteiger partial charge in [-0.3, -0.25) is 5.43 Å². The van der Waals surface area contributed by atoms with E-state index in [-0.39, 0.29) is 5.75 Å². The number of thiophene rings is 2. The van der Waals surface area contributed by atoms with Crippen LogP contribution in [0.15, 0.2) is 63.3 Å². The van der Waals surface area contributed by atoms with E-state index in [0.29, 0.717) is 22.8 Å². The van der Waals surface area contributed by atoms with Crippen LogP contribution in [-0.2, 0) is 0 Å². The average molecular weight is 393 g/mol. The summed E-state index contributed by atoms with van der Waals surface area (Å²) in [5, 5.41) is 8.18. The quantitative estimate of drug-likeness (QED) is 0.670. The number of alkyl halides is 3. The average Bonchev–Trinajstić information content (AvgIpc) is 3.25. The molecule has 0 aliphatic carbocycles. The molecule has 0 spiro atoms. The molecule has 0 radical (unpaired) electrons. The molecule has 4 rings (SSSR count). The Morgan fingerprint density at radius 2 is 1.69 bits per heavy atom. The second kappa shape index (κ2) is 6.58. The van der Waals surface area contributed by atoms with Crippen molar-refractivity contribution < 1.29 is 17.9 Å². The van der Waals surface area contributed by atoms with Gasteiger partial charge >= 0.3 is 6.36 Å². The first-order valence-electron chi connectivity index (χ1n) is 7.40. The van der Waals surface area contributed by atoms with E-state index in [1.807, 2.05) is 35.0 Å². The van der Waals surface area contributed by atoms with Crippen LogP contribution in [0.5, 0.6) is 5.75 Å². The Bertz CT molecular complexity index is 977. The highest BCUT2D eigenvalue weighted by Crippen LogP contribution is 2.33. The van der Waals surface area contributed by atoms with Gasteiger partial charge in [-0.25, -0.2) is 4.99 Å². The van der Waals surface area contributed by atoms with Crippen molar-refractivity contribution in [2.45, 2.75) is 6.36 Å². The minimum atomic E-state index is -4.76. The first-order valence-corrected chi connectivity index (χ1v) is 9.16. The predicted molar refractivity (Wildman–Crippen MR) is 96.7 cm³/mol. The molecule has 1 aliphatic heterocycles. The van der Waals surface area contributed by atoms with Crippen LogP contribution >= 0.6 is 22.7 Å². The molecule has 1 N–H and O–H groups in total. The van der Waals surface area contributed by atoms with E-state index in [9.17, 15) is 13.2 Å². The largest absolute Gasteiger partial charge is 0.573 e. The van der Waals surface area contributed by atoms with Crippen molar-refractivity contribution in [1.82, 2.24) is 5.43 Å². The third-order valence-electron chi connectivity index (χ3n) is 3.47. The fourth-order valence-corrected chi connectivity index (χ4v) is 3.83. The third-order valence-corrected chi connectivity index (χ3v) is 5.22. The maximum atomic E-state index is 12.6. The molecule has 0 amide bonds. The molecule has 3 heterocycles. The summed E-state index contributed by atoms with van der Waals surface area (Å²) in [6, 6.07) is 11.5. The summed E-state index contributed by atoms with van der Waals surface area (Å²) in [6.07, 6.45) is -4.76. The molecular formula is C17H10F3N3OS2. The number of aliphatic imine (C=N–C) groups is 1. The molecular weight excluding hydrogens is 383 g/mol. The fourth-order valence-electron chi connectivity index (χ4n) is 2.44. The van der Waals surface area contributed by atoms with Crippen LogP contribution in [0.4, 0.5) is 18.9 Å². The minimum Gasteiger partial charge on any atom is -0.406 e. The Hall–Kier alpha value is -2.65. The molecule has 0 atom stereocenters. The lowest BCUT2D eigenvalue weighted by Gasteiger charge is -2.11. The maximum Gasteiger partial charge on any atom is 0.573 e. The zero-order chi connectivity index (χ0) is 18.1. The Kier molecular flexibility index (Phi) is 4.25. The van der Waals surface area contributed by atoms with Crippen LogP contribution in [0.1, 0.15) is 15.3 Å². The molecule has 132 valence electrons. The summed E-state index contributed by atoms with van der Waals surface area (Å²) in [6.45, 7) is 0. The van der Waals surface area contributed by atoms with E-state index in [0.717, 1.165) is 9.75 Å². The monoisotopic (exact) mass is 393 g/mol. The number of hydrogen-bond donors (Lipinski definition) is 1. The number of ether oxygens (including phenoxy) is 1. The Balaban J connectivity index is 1.84. The van der Waals surface area contributed by atoms with Gasteiger partial charge in [0.15, 0.2) is 5.84 Å². The second-order valence-corrected chi connectivity index (χ2v) is 7.11. The van der Waals surface area contributed by atoms with Crippen LogP contribution in [-0.4, -0.2) is 17.9 Å². The van der Waals surface area contributed by atoms with Crippen molar-refractivity contribution in [3.63, 3.8) is 0 Å². The molecule has 1 aliphatic rings. The summed E-state index contributed by atoms with van der Waals surface area (Å²) < 4.78 is 41.8. The highest BCUT2D eigenvalue weighted by molar-refractivity contribution is 7.12. The van der Waals surface area contributed by atoms with Gasteiger partial charge in [-0.15, -0.1) is 35.8 Å². The molecule has 0 fully saturated rings. The number of fused-ring (bicyclic) bond motifs is 1. The summed E-state index contributed by atoms with van der Waals surface area (Å²) in [7, 11) is 0. The zero-order valence-electron chi connectivity index (χ0n) is 12.9. The number of hydrazone groups is 1. The highest BCUT2D eigenvalue weighted by Gasteiger charge is 2.31.